The van der Waals surface area contributed by atoms with E-state index in [0.29, 0.717) is 18.9 Å². The van der Waals surface area contributed by atoms with E-state index in [0.717, 1.165) is 39.0 Å². The van der Waals surface area contributed by atoms with E-state index in [1.165, 1.54) is 11.8 Å². The Morgan fingerprint density at radius 2 is 2.17 bits per heavy atom. The second kappa shape index (κ2) is 6.45. The molecule has 2 aromatic rings. The predicted molar refractivity (Wildman–Crippen MR) is 86.5 cm³/mol. The number of hydrogen-bond donors (Lipinski definition) is 0. The molecule has 4 rings (SSSR count). The molecule has 0 unspecified atom stereocenters. The van der Waals surface area contributed by atoms with Gasteiger partial charge in [-0.05, 0) is 31.0 Å². The lowest BCUT2D eigenvalue weighted by molar-refractivity contribution is -0.136. The summed E-state index contributed by atoms with van der Waals surface area (Å²) in [4.78, 5) is 16.8. The van der Waals surface area contributed by atoms with Crippen LogP contribution >= 0.6 is 0 Å². The number of likely N-dealkylation sites (tertiary alicyclic amines) is 1. The Bertz CT molecular complexity index is 663. The van der Waals surface area contributed by atoms with Crippen molar-refractivity contribution in [3.63, 3.8) is 0 Å². The van der Waals surface area contributed by atoms with Crippen LogP contribution in [0.2, 0.25) is 0 Å². The second-order valence-electron chi connectivity index (χ2n) is 6.68. The fourth-order valence-electron chi connectivity index (χ4n) is 3.77. The summed E-state index contributed by atoms with van der Waals surface area (Å²) in [5.74, 6) is 0.354. The molecule has 4 heterocycles. The van der Waals surface area contributed by atoms with Crippen LogP contribution in [-0.4, -0.2) is 54.1 Å². The lowest BCUT2D eigenvalue weighted by Gasteiger charge is -2.47. The Morgan fingerprint density at radius 1 is 1.21 bits per heavy atom. The van der Waals surface area contributed by atoms with Crippen LogP contribution in [0, 0.1) is 0 Å². The third kappa shape index (κ3) is 3.12. The molecule has 6 heteroatoms. The highest BCUT2D eigenvalue weighted by Gasteiger charge is 2.42. The van der Waals surface area contributed by atoms with Gasteiger partial charge in [-0.3, -0.25) is 9.69 Å². The molecule has 1 atom stereocenters. The molecule has 0 N–H and O–H groups in total. The minimum absolute atomic E-state index is 0.0466. The Hall–Kier alpha value is -2.05. The fourth-order valence-corrected chi connectivity index (χ4v) is 3.77. The van der Waals surface area contributed by atoms with Gasteiger partial charge in [-0.15, -0.1) is 0 Å². The van der Waals surface area contributed by atoms with Gasteiger partial charge in [-0.2, -0.15) is 0 Å². The first kappa shape index (κ1) is 15.5. The number of morpholine rings is 1. The van der Waals surface area contributed by atoms with Crippen molar-refractivity contribution in [1.82, 2.24) is 9.80 Å². The van der Waals surface area contributed by atoms with Crippen molar-refractivity contribution in [3.05, 3.63) is 48.3 Å². The Labute approximate surface area is 141 Å². The smallest absolute Gasteiger partial charge is 0.289 e. The summed E-state index contributed by atoms with van der Waals surface area (Å²) >= 11 is 0. The van der Waals surface area contributed by atoms with Crippen molar-refractivity contribution in [3.8, 4) is 0 Å². The lowest BCUT2D eigenvalue weighted by atomic mass is 9.90. The molecule has 2 fully saturated rings. The summed E-state index contributed by atoms with van der Waals surface area (Å²) in [6, 6.07) is 5.46. The van der Waals surface area contributed by atoms with E-state index in [1.54, 1.807) is 24.7 Å². The van der Waals surface area contributed by atoms with E-state index in [9.17, 15) is 4.79 Å². The third-order valence-corrected chi connectivity index (χ3v) is 4.87. The van der Waals surface area contributed by atoms with Gasteiger partial charge >= 0.3 is 0 Å². The first-order valence-corrected chi connectivity index (χ1v) is 8.44. The van der Waals surface area contributed by atoms with Gasteiger partial charge < -0.3 is 18.5 Å². The summed E-state index contributed by atoms with van der Waals surface area (Å²) in [7, 11) is 0. The number of ether oxygens (including phenoxy) is 1. The Kier molecular flexibility index (Phi) is 4.16. The number of carbonyl (C=O) groups excluding carboxylic acids is 1. The maximum absolute atomic E-state index is 12.6. The van der Waals surface area contributed by atoms with E-state index in [4.69, 9.17) is 13.6 Å². The van der Waals surface area contributed by atoms with Gasteiger partial charge in [0.2, 0.25) is 0 Å². The summed E-state index contributed by atoms with van der Waals surface area (Å²) in [5.41, 5.74) is 0.897. The molecule has 1 spiro atoms. The van der Waals surface area contributed by atoms with Crippen LogP contribution in [0.4, 0.5) is 0 Å². The fraction of sp³-hybridized carbons (Fsp3) is 0.500. The van der Waals surface area contributed by atoms with Crippen molar-refractivity contribution in [2.24, 2.45) is 0 Å². The van der Waals surface area contributed by atoms with Gasteiger partial charge in [-0.1, -0.05) is 0 Å². The highest BCUT2D eigenvalue weighted by Crippen LogP contribution is 2.30. The first-order valence-electron chi connectivity index (χ1n) is 8.44. The van der Waals surface area contributed by atoms with Gasteiger partial charge in [0, 0.05) is 31.7 Å². The van der Waals surface area contributed by atoms with Crippen molar-refractivity contribution < 1.29 is 18.4 Å². The SMILES string of the molecule is O=C(c1ccco1)N1CCC[C@]2(CN(Cc3ccoc3)CCO2)C1. The van der Waals surface area contributed by atoms with E-state index in [-0.39, 0.29) is 11.5 Å². The molecule has 0 aromatic carbocycles. The molecular formula is C18H22N2O4. The van der Waals surface area contributed by atoms with E-state index >= 15 is 0 Å². The maximum atomic E-state index is 12.6. The summed E-state index contributed by atoms with van der Waals surface area (Å²) < 4.78 is 16.6. The molecule has 0 aliphatic carbocycles. The molecule has 2 saturated heterocycles. The second-order valence-corrected chi connectivity index (χ2v) is 6.68. The van der Waals surface area contributed by atoms with Crippen LogP contribution in [-0.2, 0) is 11.3 Å². The molecule has 0 saturated carbocycles. The number of rotatable bonds is 3. The number of nitrogens with zero attached hydrogens (tertiary/aromatic N) is 2. The van der Waals surface area contributed by atoms with Gasteiger partial charge in [0.25, 0.3) is 5.91 Å². The number of hydrogen-bond acceptors (Lipinski definition) is 5. The quantitative estimate of drug-likeness (QED) is 0.865. The van der Waals surface area contributed by atoms with Gasteiger partial charge in [0.15, 0.2) is 5.76 Å². The summed E-state index contributed by atoms with van der Waals surface area (Å²) in [6.07, 6.45) is 6.96. The van der Waals surface area contributed by atoms with Gasteiger partial charge in [0.05, 0.1) is 37.5 Å². The zero-order valence-corrected chi connectivity index (χ0v) is 13.6. The average Bonchev–Trinajstić information content (AvgIpc) is 3.28. The molecule has 2 aromatic heterocycles. The zero-order chi connectivity index (χ0) is 16.4. The van der Waals surface area contributed by atoms with Gasteiger partial charge in [0.1, 0.15) is 0 Å². The zero-order valence-electron chi connectivity index (χ0n) is 13.6. The normalized spacial score (nSPS) is 25.2. The van der Waals surface area contributed by atoms with Crippen molar-refractivity contribution in [1.29, 1.82) is 0 Å². The molecule has 128 valence electrons. The Balaban J connectivity index is 1.44. The minimum Gasteiger partial charge on any atom is -0.472 e. The van der Waals surface area contributed by atoms with Crippen molar-refractivity contribution >= 4 is 5.91 Å². The monoisotopic (exact) mass is 330 g/mol. The Morgan fingerprint density at radius 3 is 2.96 bits per heavy atom. The standard InChI is InChI=1S/C18H22N2O4/c21-17(16-3-1-8-23-16)20-6-2-5-18(14-20)13-19(7-10-24-18)11-15-4-9-22-12-15/h1,3-4,8-9,12H,2,5-7,10-11,13-14H2/t18-/m0/s1. The molecule has 24 heavy (non-hydrogen) atoms. The van der Waals surface area contributed by atoms with Crippen LogP contribution < -0.4 is 0 Å². The molecular weight excluding hydrogens is 308 g/mol. The summed E-state index contributed by atoms with van der Waals surface area (Å²) in [6.45, 7) is 4.66. The maximum Gasteiger partial charge on any atom is 0.289 e. The molecule has 0 radical (unpaired) electrons. The predicted octanol–water partition coefficient (Wildman–Crippen LogP) is 2.38. The lowest BCUT2D eigenvalue weighted by Crippen LogP contribution is -2.60. The average molecular weight is 330 g/mol. The van der Waals surface area contributed by atoms with Crippen LogP contribution in [0.15, 0.2) is 45.8 Å². The van der Waals surface area contributed by atoms with Gasteiger partial charge in [-0.25, -0.2) is 0 Å². The molecule has 1 amide bonds. The number of furan rings is 2. The molecule has 6 nitrogen and oxygen atoms in total. The van der Waals surface area contributed by atoms with E-state index in [1.807, 2.05) is 11.0 Å². The number of amides is 1. The topological polar surface area (TPSA) is 59.1 Å². The van der Waals surface area contributed by atoms with Crippen molar-refractivity contribution in [2.75, 3.05) is 32.8 Å². The minimum atomic E-state index is -0.275. The molecule has 0 bridgehead atoms. The first-order chi connectivity index (χ1) is 11.7. The largest absolute Gasteiger partial charge is 0.472 e. The van der Waals surface area contributed by atoms with E-state index in [2.05, 4.69) is 4.90 Å². The third-order valence-electron chi connectivity index (χ3n) is 4.87. The van der Waals surface area contributed by atoms with Crippen LogP contribution in [0.3, 0.4) is 0 Å². The number of carbonyl (C=O) groups is 1. The molecule has 2 aliphatic heterocycles. The highest BCUT2D eigenvalue weighted by molar-refractivity contribution is 5.91. The highest BCUT2D eigenvalue weighted by atomic mass is 16.5. The van der Waals surface area contributed by atoms with Crippen LogP contribution in [0.1, 0.15) is 29.0 Å². The van der Waals surface area contributed by atoms with Crippen LogP contribution in [0.5, 0.6) is 0 Å². The van der Waals surface area contributed by atoms with Crippen molar-refractivity contribution in [2.45, 2.75) is 25.0 Å². The van der Waals surface area contributed by atoms with E-state index < -0.39 is 0 Å². The summed E-state index contributed by atoms with van der Waals surface area (Å²) in [5, 5.41) is 0. The van der Waals surface area contributed by atoms with Crippen LogP contribution in [0.25, 0.3) is 0 Å². The number of piperidine rings is 1. The molecule has 2 aliphatic rings.